The summed E-state index contributed by atoms with van der Waals surface area (Å²) >= 11 is 2.64. The second kappa shape index (κ2) is 15.4. The molecule has 2 aliphatic rings. The molecule has 274 valence electrons. The number of azo groups is 1. The summed E-state index contributed by atoms with van der Waals surface area (Å²) in [5, 5.41) is 16.8. The number of fused-ring (bicyclic) bond motifs is 6. The average Bonchev–Trinajstić information content (AvgIpc) is 3.62. The van der Waals surface area contributed by atoms with Crippen LogP contribution in [0.4, 0.5) is 51.2 Å². The highest BCUT2D eigenvalue weighted by Gasteiger charge is 2.24. The monoisotopic (exact) mass is 770 g/mol. The Kier molecular flexibility index (Phi) is 10.5. The van der Waals surface area contributed by atoms with Gasteiger partial charge in [0.25, 0.3) is 10.1 Å². The maximum atomic E-state index is 11.7. The molecule has 18 heteroatoms. The molecule has 53 heavy (non-hydrogen) atoms. The van der Waals surface area contributed by atoms with E-state index in [0.717, 1.165) is 61.8 Å². The standard InChI is InChI=1S/C35H38N12O3S3/c1-4-46(5-2)22-14-16-28(43-44-35-39-31(45-52-35)21-9-7-12-26(17-21)53(48,49)50)30(19-22)38-33-40-32-37-29-20-24(13-15-27(29)36)47(6-3)23-10-8-11-25(18-23)51-34(41-32)42-33/h7,9-10,12-17,19-20,25H,4-6,8,11,18,36H2,1-3H3,(H,48,49,50)(H2,37,38,40,41,42). The number of nitrogens with two attached hydrogens (primary N) is 1. The van der Waals surface area contributed by atoms with Crippen molar-refractivity contribution in [2.24, 2.45) is 10.2 Å². The van der Waals surface area contributed by atoms with Crippen molar-refractivity contribution in [3.63, 3.8) is 0 Å². The first-order chi connectivity index (χ1) is 25.6. The number of nitrogens with one attached hydrogen (secondary N) is 2. The molecule has 1 unspecified atom stereocenters. The fourth-order valence-corrected chi connectivity index (χ4v) is 8.35. The van der Waals surface area contributed by atoms with Gasteiger partial charge in [-0.3, -0.25) is 4.55 Å². The van der Waals surface area contributed by atoms with Crippen molar-refractivity contribution in [1.82, 2.24) is 24.3 Å². The lowest BCUT2D eigenvalue weighted by atomic mass is 10.0. The summed E-state index contributed by atoms with van der Waals surface area (Å²) in [4.78, 5) is 23.2. The first-order valence-corrected chi connectivity index (χ1v) is 20.2. The van der Waals surface area contributed by atoms with Gasteiger partial charge in [-0.05, 0) is 88.6 Å². The second-order valence-corrected chi connectivity index (χ2v) is 15.6. The normalized spacial score (nSPS) is 15.7. The van der Waals surface area contributed by atoms with Crippen LogP contribution in [0.3, 0.4) is 0 Å². The molecule has 5 N–H and O–H groups in total. The molecule has 0 saturated heterocycles. The van der Waals surface area contributed by atoms with Gasteiger partial charge < -0.3 is 26.2 Å². The number of allylic oxidation sites excluding steroid dienone is 2. The molecule has 3 aromatic carbocycles. The maximum absolute atomic E-state index is 11.7. The van der Waals surface area contributed by atoms with Crippen LogP contribution in [-0.2, 0) is 10.1 Å². The Hall–Kier alpha value is -5.17. The van der Waals surface area contributed by atoms with Crippen LogP contribution in [0.15, 0.2) is 92.7 Å². The molecule has 0 radical (unpaired) electrons. The number of nitrogen functional groups attached to an aromatic ring is 1. The summed E-state index contributed by atoms with van der Waals surface area (Å²) in [6, 6.07) is 17.5. The third-order valence-electron chi connectivity index (χ3n) is 8.85. The zero-order valence-corrected chi connectivity index (χ0v) is 31.7. The molecular formula is C35H38N12O3S3. The number of benzene rings is 3. The van der Waals surface area contributed by atoms with E-state index in [0.29, 0.717) is 45.4 Å². The third kappa shape index (κ3) is 8.25. The van der Waals surface area contributed by atoms with Crippen molar-refractivity contribution in [2.75, 3.05) is 45.8 Å². The Morgan fingerprint density at radius 1 is 1.04 bits per heavy atom. The number of rotatable bonds is 10. The second-order valence-electron chi connectivity index (χ2n) is 12.2. The van der Waals surface area contributed by atoms with E-state index in [4.69, 9.17) is 20.7 Å². The van der Waals surface area contributed by atoms with Crippen molar-refractivity contribution >= 4 is 84.6 Å². The molecule has 0 fully saturated rings. The zero-order valence-electron chi connectivity index (χ0n) is 29.3. The fourth-order valence-electron chi connectivity index (χ4n) is 6.22. The highest BCUT2D eigenvalue weighted by molar-refractivity contribution is 7.99. The molecule has 0 amide bonds. The zero-order chi connectivity index (χ0) is 37.1. The lowest BCUT2D eigenvalue weighted by Gasteiger charge is -2.32. The van der Waals surface area contributed by atoms with Gasteiger partial charge in [0, 0.05) is 59.1 Å². The molecule has 5 aromatic rings. The minimum atomic E-state index is -4.38. The number of aromatic nitrogens is 5. The summed E-state index contributed by atoms with van der Waals surface area (Å²) in [7, 11) is -4.38. The van der Waals surface area contributed by atoms with Crippen molar-refractivity contribution in [2.45, 2.75) is 55.3 Å². The van der Waals surface area contributed by atoms with Gasteiger partial charge in [0.2, 0.25) is 17.0 Å². The Labute approximate surface area is 315 Å². The Balaban J connectivity index is 1.23. The lowest BCUT2D eigenvalue weighted by molar-refractivity contribution is 0.483. The number of nitrogens with zero attached hydrogens (tertiary/aromatic N) is 9. The molecule has 0 spiro atoms. The molecule has 7 rings (SSSR count). The summed E-state index contributed by atoms with van der Waals surface area (Å²) in [5.74, 6) is 0.934. The molecular weight excluding hydrogens is 733 g/mol. The van der Waals surface area contributed by atoms with Crippen LogP contribution in [0.1, 0.15) is 40.0 Å². The van der Waals surface area contributed by atoms with E-state index in [9.17, 15) is 13.0 Å². The molecule has 15 nitrogen and oxygen atoms in total. The topological polar surface area (TPSA) is 200 Å². The smallest absolute Gasteiger partial charge is 0.294 e. The van der Waals surface area contributed by atoms with Gasteiger partial charge in [0.1, 0.15) is 5.69 Å². The van der Waals surface area contributed by atoms with E-state index in [1.54, 1.807) is 17.8 Å². The molecule has 1 aliphatic heterocycles. The molecule has 0 saturated carbocycles. The molecule has 6 bridgehead atoms. The first-order valence-electron chi connectivity index (χ1n) is 17.2. The Bertz CT molecular complexity index is 2310. The van der Waals surface area contributed by atoms with E-state index in [-0.39, 0.29) is 21.1 Å². The van der Waals surface area contributed by atoms with Crippen LogP contribution >= 0.6 is 23.3 Å². The highest BCUT2D eigenvalue weighted by Crippen LogP contribution is 2.39. The number of hydrogen-bond donors (Lipinski definition) is 4. The minimum absolute atomic E-state index is 0.251. The van der Waals surface area contributed by atoms with Gasteiger partial charge in [-0.2, -0.15) is 32.7 Å². The van der Waals surface area contributed by atoms with Gasteiger partial charge in [0.05, 0.1) is 22.0 Å². The maximum Gasteiger partial charge on any atom is 0.294 e. The van der Waals surface area contributed by atoms with Crippen LogP contribution in [0.2, 0.25) is 0 Å². The SMILES string of the molecule is CCN(CC)c1ccc(N=Nc2nc(-c3cccc(S(=O)(=O)O)c3)ns2)c(Nc2nc3nc(n2)SC2CCC=C(C2)N(CC)c2ccc(N)c(c2)N3)c1. The summed E-state index contributed by atoms with van der Waals surface area (Å²) in [6.07, 6.45) is 5.17. The Morgan fingerprint density at radius 3 is 2.68 bits per heavy atom. The van der Waals surface area contributed by atoms with Gasteiger partial charge >= 0.3 is 0 Å². The van der Waals surface area contributed by atoms with Crippen molar-refractivity contribution in [1.29, 1.82) is 0 Å². The van der Waals surface area contributed by atoms with Gasteiger partial charge in [-0.15, -0.1) is 10.2 Å². The van der Waals surface area contributed by atoms with E-state index < -0.39 is 10.1 Å². The first kappa shape index (κ1) is 36.2. The van der Waals surface area contributed by atoms with Gasteiger partial charge in [-0.1, -0.05) is 30.0 Å². The van der Waals surface area contributed by atoms with E-state index in [2.05, 4.69) is 66.9 Å². The number of anilines is 7. The number of hydrogen-bond acceptors (Lipinski definition) is 16. The van der Waals surface area contributed by atoms with E-state index in [1.165, 1.54) is 23.9 Å². The number of thioether (sulfide) groups is 1. The predicted molar refractivity (Wildman–Crippen MR) is 211 cm³/mol. The third-order valence-corrected chi connectivity index (χ3v) is 11.4. The van der Waals surface area contributed by atoms with Crippen molar-refractivity contribution in [3.05, 3.63) is 72.4 Å². The van der Waals surface area contributed by atoms with Crippen LogP contribution < -0.4 is 26.2 Å². The van der Waals surface area contributed by atoms with Crippen molar-refractivity contribution in [3.8, 4) is 11.4 Å². The molecule has 1 atom stereocenters. The van der Waals surface area contributed by atoms with E-state index >= 15 is 0 Å². The highest BCUT2D eigenvalue weighted by atomic mass is 32.2. The fraction of sp³-hybridized carbons (Fsp3) is 0.286. The predicted octanol–water partition coefficient (Wildman–Crippen LogP) is 8.34. The Morgan fingerprint density at radius 2 is 1.89 bits per heavy atom. The average molecular weight is 771 g/mol. The quantitative estimate of drug-likeness (QED) is 0.0600. The molecule has 3 heterocycles. The minimum Gasteiger partial charge on any atom is -0.397 e. The molecule has 1 aliphatic carbocycles. The summed E-state index contributed by atoms with van der Waals surface area (Å²) in [6.45, 7) is 8.78. The summed E-state index contributed by atoms with van der Waals surface area (Å²) in [5.41, 5.74) is 12.5. The van der Waals surface area contributed by atoms with Crippen LogP contribution in [0.5, 0.6) is 0 Å². The van der Waals surface area contributed by atoms with Crippen LogP contribution in [0, 0.1) is 0 Å². The summed E-state index contributed by atoms with van der Waals surface area (Å²) < 4.78 is 37.1. The van der Waals surface area contributed by atoms with Crippen LogP contribution in [0.25, 0.3) is 11.4 Å². The van der Waals surface area contributed by atoms with Gasteiger partial charge in [0.15, 0.2) is 11.0 Å². The van der Waals surface area contributed by atoms with Crippen LogP contribution in [-0.4, -0.2) is 62.2 Å². The largest absolute Gasteiger partial charge is 0.397 e. The van der Waals surface area contributed by atoms with Crippen molar-refractivity contribution < 1.29 is 13.0 Å². The van der Waals surface area contributed by atoms with Gasteiger partial charge in [-0.25, -0.2) is 0 Å². The molecule has 2 aromatic heterocycles. The lowest BCUT2D eigenvalue weighted by Crippen LogP contribution is -2.27. The van der Waals surface area contributed by atoms with E-state index in [1.807, 2.05) is 36.4 Å².